The first-order chi connectivity index (χ1) is 10.2. The summed E-state index contributed by atoms with van der Waals surface area (Å²) in [5.41, 5.74) is 3.52. The van der Waals surface area contributed by atoms with Crippen LogP contribution in [-0.2, 0) is 12.0 Å². The Labute approximate surface area is 128 Å². The summed E-state index contributed by atoms with van der Waals surface area (Å²) >= 11 is 1.33. The summed E-state index contributed by atoms with van der Waals surface area (Å²) in [4.78, 5) is 1.23. The third kappa shape index (κ3) is 1.74. The van der Waals surface area contributed by atoms with E-state index in [1.807, 2.05) is 6.07 Å². The fourth-order valence-corrected chi connectivity index (χ4v) is 5.03. The predicted molar refractivity (Wildman–Crippen MR) is 83.1 cm³/mol. The minimum atomic E-state index is 0.0324. The molecular weight excluding hydrogens is 278 g/mol. The zero-order valence-electron chi connectivity index (χ0n) is 11.9. The molecule has 1 aliphatic heterocycles. The Kier molecular flexibility index (Phi) is 2.80. The molecule has 2 heterocycles. The van der Waals surface area contributed by atoms with Gasteiger partial charge in [-0.05, 0) is 24.8 Å². The van der Waals surface area contributed by atoms with Crippen LogP contribution < -0.4 is 4.80 Å². The Morgan fingerprint density at radius 1 is 1.19 bits per heavy atom. The van der Waals surface area contributed by atoms with Gasteiger partial charge in [0.2, 0.25) is 0 Å². The number of hydrogen-bond acceptors (Lipinski definition) is 3. The third-order valence-electron chi connectivity index (χ3n) is 4.99. The van der Waals surface area contributed by atoms with Gasteiger partial charge in [0.25, 0.3) is 0 Å². The second-order valence-corrected chi connectivity index (χ2v) is 7.15. The number of thiazole rings is 1. The summed E-state index contributed by atoms with van der Waals surface area (Å²) < 4.78 is 2.19. The van der Waals surface area contributed by atoms with E-state index in [1.165, 1.54) is 36.2 Å². The summed E-state index contributed by atoms with van der Waals surface area (Å²) in [7, 11) is 0. The molecule has 106 valence electrons. The first-order valence-electron chi connectivity index (χ1n) is 7.54. The monoisotopic (exact) mass is 295 g/mol. The van der Waals surface area contributed by atoms with Crippen LogP contribution in [0, 0.1) is 16.7 Å². The Bertz CT molecular complexity index is 800. The summed E-state index contributed by atoms with van der Waals surface area (Å²) in [6, 6.07) is 10.7. The molecule has 3 nitrogen and oxygen atoms in total. The molecule has 1 saturated carbocycles. The zero-order valence-corrected chi connectivity index (χ0v) is 12.7. The van der Waals surface area contributed by atoms with Crippen molar-refractivity contribution in [3.05, 3.63) is 39.5 Å². The standard InChI is InChI=1S/C17H17N3S/c18-11-14-15-13-7-3-2-6-12(13)10-17(8-4-1-5-9-17)20(15)16(19)21-14/h2-3,6-7,19H,1,4-5,8-10H2. The van der Waals surface area contributed by atoms with E-state index in [2.05, 4.69) is 28.8 Å². The van der Waals surface area contributed by atoms with Crippen LogP contribution in [0.3, 0.4) is 0 Å². The molecule has 1 aliphatic carbocycles. The smallest absolute Gasteiger partial charge is 0.184 e. The van der Waals surface area contributed by atoms with E-state index in [0.29, 0.717) is 9.68 Å². The maximum absolute atomic E-state index is 9.48. The van der Waals surface area contributed by atoms with Crippen molar-refractivity contribution in [3.8, 4) is 17.3 Å². The summed E-state index contributed by atoms with van der Waals surface area (Å²) in [6.07, 6.45) is 7.02. The molecule has 1 spiro atoms. The van der Waals surface area contributed by atoms with E-state index < -0.39 is 0 Å². The highest BCUT2D eigenvalue weighted by molar-refractivity contribution is 7.10. The first kappa shape index (κ1) is 12.8. The van der Waals surface area contributed by atoms with E-state index >= 15 is 0 Å². The van der Waals surface area contributed by atoms with Gasteiger partial charge in [-0.2, -0.15) is 5.26 Å². The molecule has 0 amide bonds. The molecule has 0 atom stereocenters. The molecule has 0 radical (unpaired) electrons. The van der Waals surface area contributed by atoms with E-state index in [0.717, 1.165) is 30.5 Å². The van der Waals surface area contributed by atoms with Gasteiger partial charge in [-0.3, -0.25) is 5.41 Å². The molecule has 1 aromatic heterocycles. The molecule has 2 aliphatic rings. The largest absolute Gasteiger partial charge is 0.309 e. The van der Waals surface area contributed by atoms with Crippen LogP contribution >= 0.6 is 11.3 Å². The maximum Gasteiger partial charge on any atom is 0.184 e. The fourth-order valence-electron chi connectivity index (χ4n) is 4.11. The molecule has 2 aromatic rings. The number of nitrogens with one attached hydrogen (secondary N) is 1. The van der Waals surface area contributed by atoms with Crippen molar-refractivity contribution in [1.82, 2.24) is 4.57 Å². The Balaban J connectivity index is 2.05. The average molecular weight is 295 g/mol. The predicted octanol–water partition coefficient (Wildman–Crippen LogP) is 3.78. The van der Waals surface area contributed by atoms with E-state index in [9.17, 15) is 5.26 Å². The van der Waals surface area contributed by atoms with Crippen molar-refractivity contribution >= 4 is 11.3 Å². The van der Waals surface area contributed by atoms with Crippen molar-refractivity contribution in [2.24, 2.45) is 0 Å². The van der Waals surface area contributed by atoms with Gasteiger partial charge in [-0.15, -0.1) is 0 Å². The molecule has 1 N–H and O–H groups in total. The molecule has 1 fully saturated rings. The van der Waals surface area contributed by atoms with Crippen molar-refractivity contribution in [3.63, 3.8) is 0 Å². The quantitative estimate of drug-likeness (QED) is 0.790. The van der Waals surface area contributed by atoms with Crippen LogP contribution in [0.4, 0.5) is 0 Å². The molecule has 4 rings (SSSR count). The Morgan fingerprint density at radius 3 is 2.71 bits per heavy atom. The number of aromatic nitrogens is 1. The number of benzene rings is 1. The van der Waals surface area contributed by atoms with Gasteiger partial charge in [0.15, 0.2) is 4.80 Å². The topological polar surface area (TPSA) is 52.6 Å². The molecule has 0 bridgehead atoms. The molecule has 0 saturated heterocycles. The van der Waals surface area contributed by atoms with Gasteiger partial charge in [-0.25, -0.2) is 0 Å². The second kappa shape index (κ2) is 4.57. The van der Waals surface area contributed by atoms with Gasteiger partial charge in [0.05, 0.1) is 11.2 Å². The highest BCUT2D eigenvalue weighted by Gasteiger charge is 2.41. The molecular formula is C17H17N3S. The fraction of sp³-hybridized carbons (Fsp3) is 0.412. The van der Waals surface area contributed by atoms with E-state index in [-0.39, 0.29) is 5.54 Å². The zero-order chi connectivity index (χ0) is 14.4. The van der Waals surface area contributed by atoms with Crippen molar-refractivity contribution < 1.29 is 0 Å². The first-order valence-corrected chi connectivity index (χ1v) is 8.36. The van der Waals surface area contributed by atoms with Crippen LogP contribution in [0.15, 0.2) is 24.3 Å². The minimum Gasteiger partial charge on any atom is -0.309 e. The normalized spacial score (nSPS) is 18.8. The van der Waals surface area contributed by atoms with Gasteiger partial charge in [0.1, 0.15) is 10.9 Å². The van der Waals surface area contributed by atoms with Crippen molar-refractivity contribution in [1.29, 1.82) is 10.7 Å². The lowest BCUT2D eigenvalue weighted by Gasteiger charge is -2.43. The highest BCUT2D eigenvalue weighted by atomic mass is 32.1. The highest BCUT2D eigenvalue weighted by Crippen LogP contribution is 2.46. The van der Waals surface area contributed by atoms with Crippen LogP contribution in [0.5, 0.6) is 0 Å². The lowest BCUT2D eigenvalue weighted by molar-refractivity contribution is 0.185. The van der Waals surface area contributed by atoms with Crippen molar-refractivity contribution in [2.45, 2.75) is 44.1 Å². The van der Waals surface area contributed by atoms with Gasteiger partial charge in [0, 0.05) is 5.56 Å². The van der Waals surface area contributed by atoms with E-state index in [4.69, 9.17) is 5.41 Å². The van der Waals surface area contributed by atoms with Gasteiger partial charge < -0.3 is 4.57 Å². The summed E-state index contributed by atoms with van der Waals surface area (Å²) in [5, 5.41) is 17.9. The third-order valence-corrected chi connectivity index (χ3v) is 5.86. The van der Waals surface area contributed by atoms with Crippen LogP contribution in [0.1, 0.15) is 42.5 Å². The Morgan fingerprint density at radius 2 is 1.95 bits per heavy atom. The van der Waals surface area contributed by atoms with Crippen LogP contribution in [0.25, 0.3) is 11.3 Å². The SMILES string of the molecule is N#Cc1sc(=N)n2c1-c1ccccc1CC21CCCCC1. The van der Waals surface area contributed by atoms with Gasteiger partial charge >= 0.3 is 0 Å². The molecule has 0 unspecified atom stereocenters. The van der Waals surface area contributed by atoms with Crippen molar-refractivity contribution in [2.75, 3.05) is 0 Å². The molecule has 1 aromatic carbocycles. The van der Waals surface area contributed by atoms with E-state index in [1.54, 1.807) is 0 Å². The second-order valence-electron chi connectivity index (χ2n) is 6.15. The number of fused-ring (bicyclic) bond motifs is 4. The number of nitrogens with zero attached hydrogens (tertiary/aromatic N) is 2. The Hall–Kier alpha value is -1.86. The molecule has 21 heavy (non-hydrogen) atoms. The van der Waals surface area contributed by atoms with Crippen LogP contribution in [-0.4, -0.2) is 4.57 Å². The van der Waals surface area contributed by atoms with Crippen LogP contribution in [0.2, 0.25) is 0 Å². The number of rotatable bonds is 0. The van der Waals surface area contributed by atoms with Gasteiger partial charge in [-0.1, -0.05) is 54.9 Å². The minimum absolute atomic E-state index is 0.0324. The summed E-state index contributed by atoms with van der Waals surface area (Å²) in [5.74, 6) is 0. The lowest BCUT2D eigenvalue weighted by atomic mass is 9.74. The lowest BCUT2D eigenvalue weighted by Crippen LogP contribution is -2.45. The molecule has 4 heteroatoms. The maximum atomic E-state index is 9.48. The average Bonchev–Trinajstić information content (AvgIpc) is 2.86. The number of hydrogen-bond donors (Lipinski definition) is 1. The number of nitriles is 1. The summed E-state index contributed by atoms with van der Waals surface area (Å²) in [6.45, 7) is 0.